The number of hydrogen-bond acceptors (Lipinski definition) is 3. The summed E-state index contributed by atoms with van der Waals surface area (Å²) in [5, 5.41) is 3.19. The van der Waals surface area contributed by atoms with E-state index in [1.807, 2.05) is 0 Å². The molecule has 2 atom stereocenters. The fourth-order valence-electron chi connectivity index (χ4n) is 2.21. The van der Waals surface area contributed by atoms with Gasteiger partial charge in [0.25, 0.3) is 0 Å². The predicted octanol–water partition coefficient (Wildman–Crippen LogP) is 3.26. The van der Waals surface area contributed by atoms with E-state index in [2.05, 4.69) is 22.2 Å². The molecule has 1 saturated carbocycles. The molecule has 1 aromatic heterocycles. The minimum Gasteiger partial charge on any atom is -0.365 e. The van der Waals surface area contributed by atoms with Crippen LogP contribution in [0.1, 0.15) is 32.6 Å². The van der Waals surface area contributed by atoms with Gasteiger partial charge in [0.05, 0.1) is 6.20 Å². The van der Waals surface area contributed by atoms with E-state index in [1.54, 1.807) is 0 Å². The van der Waals surface area contributed by atoms with Crippen LogP contribution in [0.4, 0.5) is 10.2 Å². The van der Waals surface area contributed by atoms with E-state index >= 15 is 0 Å². The van der Waals surface area contributed by atoms with Gasteiger partial charge in [-0.1, -0.05) is 19.8 Å². The first-order valence-electron chi connectivity index (χ1n) is 5.59. The fourth-order valence-corrected chi connectivity index (χ4v) is 2.34. The molecule has 0 bridgehead atoms. The van der Waals surface area contributed by atoms with Crippen molar-refractivity contribution in [1.29, 1.82) is 0 Å². The summed E-state index contributed by atoms with van der Waals surface area (Å²) in [6, 6.07) is 0.296. The largest absolute Gasteiger partial charge is 0.365 e. The Balaban J connectivity index is 2.05. The Morgan fingerprint density at radius 3 is 3.06 bits per heavy atom. The van der Waals surface area contributed by atoms with Crippen LogP contribution in [-0.4, -0.2) is 16.0 Å². The van der Waals surface area contributed by atoms with Gasteiger partial charge in [-0.3, -0.25) is 0 Å². The lowest BCUT2D eigenvalue weighted by atomic mass is 9.87. The molecule has 1 heterocycles. The second-order valence-corrected chi connectivity index (χ2v) is 4.79. The first-order valence-corrected chi connectivity index (χ1v) is 5.97. The van der Waals surface area contributed by atoms with Crippen molar-refractivity contribution in [2.24, 2.45) is 5.92 Å². The lowest BCUT2D eigenvalue weighted by Crippen LogP contribution is -2.27. The van der Waals surface area contributed by atoms with Crippen LogP contribution in [0.25, 0.3) is 0 Å². The van der Waals surface area contributed by atoms with Gasteiger partial charge in [0.2, 0.25) is 5.28 Å². The van der Waals surface area contributed by atoms with Crippen LogP contribution < -0.4 is 5.32 Å². The molecule has 0 spiro atoms. The maximum atomic E-state index is 13.4. The van der Waals surface area contributed by atoms with Crippen molar-refractivity contribution in [3.8, 4) is 0 Å². The maximum Gasteiger partial charge on any atom is 0.224 e. The highest BCUT2D eigenvalue weighted by Crippen LogP contribution is 2.26. The average Bonchev–Trinajstić information content (AvgIpc) is 2.24. The molecule has 1 N–H and O–H groups in total. The number of aromatic nitrogens is 2. The van der Waals surface area contributed by atoms with E-state index in [-0.39, 0.29) is 11.1 Å². The molecule has 1 fully saturated rings. The van der Waals surface area contributed by atoms with E-state index in [4.69, 9.17) is 11.6 Å². The number of halogens is 2. The van der Waals surface area contributed by atoms with Gasteiger partial charge >= 0.3 is 0 Å². The second kappa shape index (κ2) is 4.95. The number of nitrogens with one attached hydrogen (secondary N) is 1. The summed E-state index contributed by atoms with van der Waals surface area (Å²) in [6.45, 7) is 2.22. The molecule has 88 valence electrons. The Morgan fingerprint density at radius 2 is 2.31 bits per heavy atom. The topological polar surface area (TPSA) is 37.8 Å². The van der Waals surface area contributed by atoms with Gasteiger partial charge in [-0.25, -0.2) is 9.37 Å². The van der Waals surface area contributed by atoms with Crippen LogP contribution in [0.15, 0.2) is 6.20 Å². The van der Waals surface area contributed by atoms with E-state index in [0.717, 1.165) is 19.0 Å². The molecule has 16 heavy (non-hydrogen) atoms. The van der Waals surface area contributed by atoms with Crippen LogP contribution in [-0.2, 0) is 0 Å². The fraction of sp³-hybridized carbons (Fsp3) is 0.636. The summed E-state index contributed by atoms with van der Waals surface area (Å²) < 4.78 is 13.4. The maximum absolute atomic E-state index is 13.4. The summed E-state index contributed by atoms with van der Waals surface area (Å²) in [4.78, 5) is 7.45. The van der Waals surface area contributed by atoms with Gasteiger partial charge in [0.1, 0.15) is 0 Å². The van der Waals surface area contributed by atoms with E-state index in [0.29, 0.717) is 12.0 Å². The summed E-state index contributed by atoms with van der Waals surface area (Å²) in [5.74, 6) is 0.466. The van der Waals surface area contributed by atoms with E-state index in [1.165, 1.54) is 12.8 Å². The quantitative estimate of drug-likeness (QED) is 0.811. The van der Waals surface area contributed by atoms with Crippen molar-refractivity contribution in [2.45, 2.75) is 38.6 Å². The second-order valence-electron chi connectivity index (χ2n) is 4.45. The van der Waals surface area contributed by atoms with Crippen molar-refractivity contribution >= 4 is 17.4 Å². The molecule has 0 unspecified atom stereocenters. The zero-order valence-corrected chi connectivity index (χ0v) is 9.97. The first kappa shape index (κ1) is 11.6. The Morgan fingerprint density at radius 1 is 1.50 bits per heavy atom. The summed E-state index contributed by atoms with van der Waals surface area (Å²) in [5.41, 5.74) is 0. The lowest BCUT2D eigenvalue weighted by molar-refractivity contribution is 0.357. The molecule has 1 aromatic rings. The third kappa shape index (κ3) is 2.82. The van der Waals surface area contributed by atoms with Gasteiger partial charge in [-0.05, 0) is 30.4 Å². The van der Waals surface area contributed by atoms with Gasteiger partial charge in [0.15, 0.2) is 11.6 Å². The Hall–Kier alpha value is -0.900. The molecule has 1 aliphatic rings. The van der Waals surface area contributed by atoms with Crippen LogP contribution >= 0.6 is 11.6 Å². The van der Waals surface area contributed by atoms with Crippen LogP contribution in [0.3, 0.4) is 0 Å². The number of anilines is 1. The molecule has 5 heteroatoms. The number of hydrogen-bond donors (Lipinski definition) is 1. The lowest BCUT2D eigenvalue weighted by Gasteiger charge is -2.27. The summed E-state index contributed by atoms with van der Waals surface area (Å²) >= 11 is 5.63. The molecule has 2 rings (SSSR count). The molecule has 0 amide bonds. The zero-order valence-electron chi connectivity index (χ0n) is 9.21. The van der Waals surface area contributed by atoms with Gasteiger partial charge in [-0.15, -0.1) is 0 Å². The van der Waals surface area contributed by atoms with Crippen LogP contribution in [0.5, 0.6) is 0 Å². The third-order valence-corrected chi connectivity index (χ3v) is 3.17. The van der Waals surface area contributed by atoms with Gasteiger partial charge in [-0.2, -0.15) is 4.98 Å². The predicted molar refractivity (Wildman–Crippen MR) is 62.0 cm³/mol. The molecule has 3 nitrogen and oxygen atoms in total. The van der Waals surface area contributed by atoms with Crippen molar-refractivity contribution < 1.29 is 4.39 Å². The first-order chi connectivity index (χ1) is 7.65. The highest BCUT2D eigenvalue weighted by molar-refractivity contribution is 6.28. The van der Waals surface area contributed by atoms with Crippen molar-refractivity contribution in [2.75, 3.05) is 5.32 Å². The Kier molecular flexibility index (Phi) is 3.59. The van der Waals surface area contributed by atoms with E-state index in [9.17, 15) is 4.39 Å². The third-order valence-electron chi connectivity index (χ3n) is 2.99. The zero-order chi connectivity index (χ0) is 11.5. The molecule has 0 aliphatic heterocycles. The van der Waals surface area contributed by atoms with Crippen molar-refractivity contribution in [1.82, 2.24) is 9.97 Å². The molecular formula is C11H15ClFN3. The summed E-state index contributed by atoms with van der Waals surface area (Å²) in [6.07, 6.45) is 5.65. The molecular weight excluding hydrogens is 229 g/mol. The van der Waals surface area contributed by atoms with Crippen LogP contribution in [0.2, 0.25) is 5.28 Å². The SMILES string of the molecule is C[C@@H]1CCC[C@H](Nc2nc(Cl)ncc2F)C1. The van der Waals surface area contributed by atoms with Crippen molar-refractivity contribution in [3.05, 3.63) is 17.3 Å². The van der Waals surface area contributed by atoms with Gasteiger partial charge < -0.3 is 5.32 Å². The minimum absolute atomic E-state index is 0.0766. The number of rotatable bonds is 2. The van der Waals surface area contributed by atoms with Crippen molar-refractivity contribution in [3.63, 3.8) is 0 Å². The van der Waals surface area contributed by atoms with Gasteiger partial charge in [0, 0.05) is 6.04 Å². The number of nitrogens with zero attached hydrogens (tertiary/aromatic N) is 2. The smallest absolute Gasteiger partial charge is 0.224 e. The highest BCUT2D eigenvalue weighted by atomic mass is 35.5. The van der Waals surface area contributed by atoms with E-state index < -0.39 is 5.82 Å². The minimum atomic E-state index is -0.442. The normalized spacial score (nSPS) is 25.4. The monoisotopic (exact) mass is 243 g/mol. The summed E-state index contributed by atoms with van der Waals surface area (Å²) in [7, 11) is 0. The Labute approximate surface area is 99.4 Å². The molecule has 0 saturated heterocycles. The Bertz CT molecular complexity index is 372. The highest BCUT2D eigenvalue weighted by Gasteiger charge is 2.20. The van der Waals surface area contributed by atoms with Crippen LogP contribution in [0, 0.1) is 11.7 Å². The molecule has 0 radical (unpaired) electrons. The molecule has 0 aromatic carbocycles. The average molecular weight is 244 g/mol. The standard InChI is InChI=1S/C11H15ClFN3/c1-7-3-2-4-8(5-7)15-10-9(13)6-14-11(12)16-10/h6-8H,2-5H2,1H3,(H,14,15,16)/t7-,8+/m1/s1. The molecule has 1 aliphatic carbocycles.